The molecule has 0 aliphatic heterocycles. The number of halogens is 3. The SMILES string of the molecule is CCc1ccc(N=Cc2ccc(Oc3ccc(C(F)(F)F)cc3[N+](=O)[O-])c(OC)c2)cc1. The Bertz CT molecular complexity index is 1140. The summed E-state index contributed by atoms with van der Waals surface area (Å²) in [5.74, 6) is 0.0167. The van der Waals surface area contributed by atoms with Crippen LogP contribution in [-0.2, 0) is 12.6 Å². The van der Waals surface area contributed by atoms with E-state index in [0.29, 0.717) is 11.6 Å². The lowest BCUT2D eigenvalue weighted by Crippen LogP contribution is -2.06. The second kappa shape index (κ2) is 9.51. The molecule has 0 N–H and O–H groups in total. The third-order valence-corrected chi connectivity index (χ3v) is 4.60. The maximum absolute atomic E-state index is 12.9. The normalized spacial score (nSPS) is 11.5. The molecule has 0 heterocycles. The third kappa shape index (κ3) is 5.42. The van der Waals surface area contributed by atoms with E-state index in [-0.39, 0.29) is 17.2 Å². The Hall–Kier alpha value is -3.88. The zero-order valence-electron chi connectivity index (χ0n) is 17.2. The van der Waals surface area contributed by atoms with Gasteiger partial charge in [0.2, 0.25) is 5.75 Å². The molecule has 0 aliphatic carbocycles. The van der Waals surface area contributed by atoms with Crippen LogP contribution in [-0.4, -0.2) is 18.2 Å². The zero-order chi connectivity index (χ0) is 23.3. The van der Waals surface area contributed by atoms with E-state index in [9.17, 15) is 23.3 Å². The highest BCUT2D eigenvalue weighted by Gasteiger charge is 2.33. The number of nitrogens with zero attached hydrogens (tertiary/aromatic N) is 2. The average molecular weight is 444 g/mol. The van der Waals surface area contributed by atoms with Gasteiger partial charge in [0.1, 0.15) is 0 Å². The van der Waals surface area contributed by atoms with Crippen LogP contribution in [0.25, 0.3) is 0 Å². The Balaban J connectivity index is 1.86. The summed E-state index contributed by atoms with van der Waals surface area (Å²) in [6.45, 7) is 2.06. The highest BCUT2D eigenvalue weighted by atomic mass is 19.4. The second-order valence-electron chi connectivity index (χ2n) is 6.73. The molecule has 166 valence electrons. The van der Waals surface area contributed by atoms with E-state index >= 15 is 0 Å². The first kappa shape index (κ1) is 22.8. The summed E-state index contributed by atoms with van der Waals surface area (Å²) in [7, 11) is 1.38. The number of aliphatic imine (C=N–C) groups is 1. The summed E-state index contributed by atoms with van der Waals surface area (Å²) >= 11 is 0. The van der Waals surface area contributed by atoms with E-state index in [1.165, 1.54) is 18.7 Å². The topological polar surface area (TPSA) is 74.0 Å². The lowest BCUT2D eigenvalue weighted by molar-refractivity contribution is -0.385. The van der Waals surface area contributed by atoms with E-state index in [1.54, 1.807) is 18.3 Å². The van der Waals surface area contributed by atoms with Gasteiger partial charge in [-0.15, -0.1) is 0 Å². The second-order valence-corrected chi connectivity index (χ2v) is 6.73. The van der Waals surface area contributed by atoms with Crippen molar-refractivity contribution in [3.05, 3.63) is 87.5 Å². The lowest BCUT2D eigenvalue weighted by atomic mass is 10.1. The Morgan fingerprint density at radius 3 is 2.28 bits per heavy atom. The molecule has 0 amide bonds. The lowest BCUT2D eigenvalue weighted by Gasteiger charge is -2.12. The van der Waals surface area contributed by atoms with Crippen molar-refractivity contribution in [3.8, 4) is 17.2 Å². The van der Waals surface area contributed by atoms with Crippen LogP contribution in [0.4, 0.5) is 24.5 Å². The first-order valence-electron chi connectivity index (χ1n) is 9.55. The summed E-state index contributed by atoms with van der Waals surface area (Å²) in [4.78, 5) is 14.7. The first-order chi connectivity index (χ1) is 15.2. The van der Waals surface area contributed by atoms with Crippen LogP contribution in [0.3, 0.4) is 0 Å². The maximum atomic E-state index is 12.9. The Labute approximate surface area is 182 Å². The van der Waals surface area contributed by atoms with Crippen molar-refractivity contribution < 1.29 is 27.6 Å². The molecule has 0 radical (unpaired) electrons. The quantitative estimate of drug-likeness (QED) is 0.230. The summed E-state index contributed by atoms with van der Waals surface area (Å²) in [5.41, 5.74) is 0.701. The highest BCUT2D eigenvalue weighted by Crippen LogP contribution is 2.40. The number of nitro groups is 1. The summed E-state index contributed by atoms with van der Waals surface area (Å²) in [6.07, 6.45) is -2.16. The van der Waals surface area contributed by atoms with Gasteiger partial charge in [0, 0.05) is 12.3 Å². The smallest absolute Gasteiger partial charge is 0.416 e. The fraction of sp³-hybridized carbons (Fsp3) is 0.174. The van der Waals surface area contributed by atoms with Crippen LogP contribution in [0.1, 0.15) is 23.6 Å². The van der Waals surface area contributed by atoms with Gasteiger partial charge in [-0.1, -0.05) is 19.1 Å². The van der Waals surface area contributed by atoms with Crippen LogP contribution in [0.2, 0.25) is 0 Å². The molecule has 3 aromatic carbocycles. The largest absolute Gasteiger partial charge is 0.493 e. The highest BCUT2D eigenvalue weighted by molar-refractivity contribution is 5.83. The predicted octanol–water partition coefficient (Wildman–Crippen LogP) is 6.73. The number of benzene rings is 3. The number of ether oxygens (including phenoxy) is 2. The third-order valence-electron chi connectivity index (χ3n) is 4.60. The van der Waals surface area contributed by atoms with E-state index in [2.05, 4.69) is 11.9 Å². The molecule has 0 unspecified atom stereocenters. The molecule has 3 rings (SSSR count). The average Bonchev–Trinajstić information content (AvgIpc) is 2.78. The Morgan fingerprint density at radius 1 is 1.00 bits per heavy atom. The van der Waals surface area contributed by atoms with Gasteiger partial charge in [0.25, 0.3) is 0 Å². The van der Waals surface area contributed by atoms with Gasteiger partial charge in [-0.2, -0.15) is 13.2 Å². The van der Waals surface area contributed by atoms with Gasteiger partial charge >= 0.3 is 11.9 Å². The van der Waals surface area contributed by atoms with Crippen molar-refractivity contribution in [2.75, 3.05) is 7.11 Å². The summed E-state index contributed by atoms with van der Waals surface area (Å²) in [6, 6.07) is 14.6. The van der Waals surface area contributed by atoms with E-state index < -0.39 is 22.4 Å². The fourth-order valence-electron chi connectivity index (χ4n) is 2.86. The summed E-state index contributed by atoms with van der Waals surface area (Å²) < 4.78 is 49.5. The van der Waals surface area contributed by atoms with E-state index in [1.807, 2.05) is 24.3 Å². The van der Waals surface area contributed by atoms with Gasteiger partial charge in [0.15, 0.2) is 11.5 Å². The minimum absolute atomic E-state index is 0.111. The van der Waals surface area contributed by atoms with Crippen LogP contribution < -0.4 is 9.47 Å². The molecule has 0 bridgehead atoms. The number of methoxy groups -OCH3 is 1. The molecule has 0 fully saturated rings. The number of aryl methyl sites for hydroxylation is 1. The summed E-state index contributed by atoms with van der Waals surface area (Å²) in [5, 5.41) is 11.3. The molecule has 0 aliphatic rings. The molecule has 6 nitrogen and oxygen atoms in total. The van der Waals surface area contributed by atoms with Crippen molar-refractivity contribution in [1.82, 2.24) is 0 Å². The van der Waals surface area contributed by atoms with Crippen molar-refractivity contribution in [3.63, 3.8) is 0 Å². The predicted molar refractivity (Wildman–Crippen MR) is 114 cm³/mol. The Morgan fingerprint density at radius 2 is 1.69 bits per heavy atom. The van der Waals surface area contributed by atoms with Crippen molar-refractivity contribution >= 4 is 17.6 Å². The number of rotatable bonds is 7. The van der Waals surface area contributed by atoms with Crippen LogP contribution in [0.5, 0.6) is 17.2 Å². The molecule has 0 saturated carbocycles. The van der Waals surface area contributed by atoms with Crippen molar-refractivity contribution in [1.29, 1.82) is 0 Å². The molecule has 32 heavy (non-hydrogen) atoms. The number of hydrogen-bond acceptors (Lipinski definition) is 5. The molecule has 0 aromatic heterocycles. The standard InChI is InChI=1S/C23H19F3N2O4/c1-3-15-4-8-18(9-5-15)27-14-16-6-10-21(22(12-16)31-2)32-20-11-7-17(23(24,25)26)13-19(20)28(29)30/h4-14H,3H2,1-2H3. The van der Waals surface area contributed by atoms with Gasteiger partial charge in [0.05, 0.1) is 23.3 Å². The van der Waals surface area contributed by atoms with Crippen molar-refractivity contribution in [2.45, 2.75) is 19.5 Å². The molecule has 0 saturated heterocycles. The zero-order valence-corrected chi connectivity index (χ0v) is 17.2. The molecule has 0 spiro atoms. The maximum Gasteiger partial charge on any atom is 0.416 e. The minimum atomic E-state index is -4.71. The van der Waals surface area contributed by atoms with Gasteiger partial charge in [-0.25, -0.2) is 0 Å². The Kier molecular flexibility index (Phi) is 6.77. The van der Waals surface area contributed by atoms with Crippen LogP contribution in [0.15, 0.2) is 65.7 Å². The van der Waals surface area contributed by atoms with E-state index in [0.717, 1.165) is 24.2 Å². The monoisotopic (exact) mass is 444 g/mol. The number of alkyl halides is 3. The van der Waals surface area contributed by atoms with Crippen LogP contribution >= 0.6 is 0 Å². The molecule has 3 aromatic rings. The van der Waals surface area contributed by atoms with Gasteiger partial charge in [-0.3, -0.25) is 15.1 Å². The molecule has 0 atom stereocenters. The molecular weight excluding hydrogens is 425 g/mol. The minimum Gasteiger partial charge on any atom is -0.493 e. The number of nitro benzene ring substituents is 1. The van der Waals surface area contributed by atoms with Crippen LogP contribution in [0, 0.1) is 10.1 Å². The van der Waals surface area contributed by atoms with E-state index in [4.69, 9.17) is 9.47 Å². The first-order valence-corrected chi connectivity index (χ1v) is 9.55. The van der Waals surface area contributed by atoms with Crippen molar-refractivity contribution in [2.24, 2.45) is 4.99 Å². The molecular formula is C23H19F3N2O4. The van der Waals surface area contributed by atoms with Gasteiger partial charge in [-0.05, 0) is 60.0 Å². The molecule has 9 heteroatoms. The fourth-order valence-corrected chi connectivity index (χ4v) is 2.86. The number of hydrogen-bond donors (Lipinski definition) is 0. The van der Waals surface area contributed by atoms with Gasteiger partial charge < -0.3 is 9.47 Å².